The molecule has 1 saturated carbocycles. The molecule has 1 aromatic heterocycles. The van der Waals surface area contributed by atoms with Crippen LogP contribution in [0.1, 0.15) is 43.6 Å². The van der Waals surface area contributed by atoms with Gasteiger partial charge in [-0.25, -0.2) is 4.98 Å². The van der Waals surface area contributed by atoms with Crippen molar-refractivity contribution in [3.8, 4) is 0 Å². The molecule has 1 amide bonds. The largest absolute Gasteiger partial charge is 0.375 e. The van der Waals surface area contributed by atoms with E-state index in [0.717, 1.165) is 12.3 Å². The summed E-state index contributed by atoms with van der Waals surface area (Å²) in [6.45, 7) is 4.44. The lowest BCUT2D eigenvalue weighted by molar-refractivity contribution is 0.0922. The summed E-state index contributed by atoms with van der Waals surface area (Å²) in [5, 5.41) is 5.23. The standard InChI is InChI=1S/C12H19N3OS/c1-3-8-4-5-9(7(8)2)14-11(16)10-6-17-12(13)15-10/h6-9H,3-5H2,1-2H3,(H2,13,15)(H,14,16). The van der Waals surface area contributed by atoms with E-state index in [4.69, 9.17) is 5.73 Å². The third kappa shape index (κ3) is 2.60. The molecule has 2 rings (SSSR count). The maximum Gasteiger partial charge on any atom is 0.271 e. The molecule has 0 radical (unpaired) electrons. The van der Waals surface area contributed by atoms with Crippen LogP contribution in [-0.2, 0) is 0 Å². The van der Waals surface area contributed by atoms with Crippen LogP contribution in [0.2, 0.25) is 0 Å². The molecule has 3 atom stereocenters. The van der Waals surface area contributed by atoms with E-state index in [-0.39, 0.29) is 11.9 Å². The van der Waals surface area contributed by atoms with Gasteiger partial charge in [-0.05, 0) is 24.7 Å². The average Bonchev–Trinajstić information content (AvgIpc) is 2.87. The Labute approximate surface area is 106 Å². The molecule has 94 valence electrons. The van der Waals surface area contributed by atoms with Gasteiger partial charge < -0.3 is 11.1 Å². The molecule has 1 aliphatic rings. The Bertz CT molecular complexity index is 404. The molecule has 0 aliphatic heterocycles. The molecule has 0 saturated heterocycles. The van der Waals surface area contributed by atoms with Gasteiger partial charge in [0.15, 0.2) is 5.13 Å². The highest BCUT2D eigenvalue weighted by Crippen LogP contribution is 2.33. The summed E-state index contributed by atoms with van der Waals surface area (Å²) in [4.78, 5) is 15.9. The maximum atomic E-state index is 11.9. The molecule has 1 heterocycles. The number of nitrogen functional groups attached to an aromatic ring is 1. The molecule has 3 unspecified atom stereocenters. The fourth-order valence-corrected chi connectivity index (χ4v) is 3.20. The van der Waals surface area contributed by atoms with Crippen molar-refractivity contribution in [3.63, 3.8) is 0 Å². The minimum atomic E-state index is -0.0912. The van der Waals surface area contributed by atoms with Gasteiger partial charge in [-0.2, -0.15) is 0 Å². The van der Waals surface area contributed by atoms with Crippen molar-refractivity contribution in [2.45, 2.75) is 39.2 Å². The molecular formula is C12H19N3OS. The van der Waals surface area contributed by atoms with Crippen molar-refractivity contribution in [3.05, 3.63) is 11.1 Å². The molecule has 0 spiro atoms. The highest BCUT2D eigenvalue weighted by atomic mass is 32.1. The molecule has 4 nitrogen and oxygen atoms in total. The molecule has 5 heteroatoms. The second kappa shape index (κ2) is 5.04. The maximum absolute atomic E-state index is 11.9. The van der Waals surface area contributed by atoms with E-state index < -0.39 is 0 Å². The number of amides is 1. The number of rotatable bonds is 3. The van der Waals surface area contributed by atoms with Crippen LogP contribution in [0, 0.1) is 11.8 Å². The fourth-order valence-electron chi connectivity index (χ4n) is 2.66. The number of aromatic nitrogens is 1. The summed E-state index contributed by atoms with van der Waals surface area (Å²) < 4.78 is 0. The lowest BCUT2D eigenvalue weighted by Crippen LogP contribution is -2.37. The Morgan fingerprint density at radius 3 is 2.94 bits per heavy atom. The van der Waals surface area contributed by atoms with Gasteiger partial charge in [0, 0.05) is 11.4 Å². The first-order chi connectivity index (χ1) is 8.11. The topological polar surface area (TPSA) is 68.0 Å². The zero-order valence-corrected chi connectivity index (χ0v) is 11.1. The van der Waals surface area contributed by atoms with Crippen LogP contribution in [0.3, 0.4) is 0 Å². The minimum Gasteiger partial charge on any atom is -0.375 e. The van der Waals surface area contributed by atoms with Crippen LogP contribution in [0.4, 0.5) is 5.13 Å². The SMILES string of the molecule is CCC1CCC(NC(=O)c2csc(N)n2)C1C. The normalized spacial score (nSPS) is 28.2. The number of hydrogen-bond donors (Lipinski definition) is 2. The Morgan fingerprint density at radius 2 is 2.41 bits per heavy atom. The van der Waals surface area contributed by atoms with E-state index in [2.05, 4.69) is 24.1 Å². The number of nitrogens with zero attached hydrogens (tertiary/aromatic N) is 1. The molecule has 1 aromatic rings. The van der Waals surface area contributed by atoms with Crippen molar-refractivity contribution in [2.75, 3.05) is 5.73 Å². The van der Waals surface area contributed by atoms with Gasteiger partial charge in [0.05, 0.1) is 0 Å². The zero-order valence-electron chi connectivity index (χ0n) is 10.3. The summed E-state index contributed by atoms with van der Waals surface area (Å²) in [7, 11) is 0. The summed E-state index contributed by atoms with van der Waals surface area (Å²) in [5.74, 6) is 1.20. The number of anilines is 1. The van der Waals surface area contributed by atoms with Gasteiger partial charge in [-0.1, -0.05) is 20.3 Å². The fraction of sp³-hybridized carbons (Fsp3) is 0.667. The number of carbonyl (C=O) groups excluding carboxylic acids is 1. The van der Waals surface area contributed by atoms with Crippen molar-refractivity contribution < 1.29 is 4.79 Å². The summed E-state index contributed by atoms with van der Waals surface area (Å²) in [6, 6.07) is 0.287. The predicted molar refractivity (Wildman–Crippen MR) is 70.0 cm³/mol. The lowest BCUT2D eigenvalue weighted by atomic mass is 9.93. The van der Waals surface area contributed by atoms with Crippen molar-refractivity contribution in [1.29, 1.82) is 0 Å². The number of hydrogen-bond acceptors (Lipinski definition) is 4. The molecule has 0 aromatic carbocycles. The van der Waals surface area contributed by atoms with Crippen LogP contribution in [0.5, 0.6) is 0 Å². The number of nitrogens with two attached hydrogens (primary N) is 1. The predicted octanol–water partition coefficient (Wildman–Crippen LogP) is 2.28. The van der Waals surface area contributed by atoms with E-state index in [1.54, 1.807) is 5.38 Å². The van der Waals surface area contributed by atoms with E-state index in [9.17, 15) is 4.79 Å². The number of carbonyl (C=O) groups is 1. The van der Waals surface area contributed by atoms with Crippen LogP contribution in [0.25, 0.3) is 0 Å². The van der Waals surface area contributed by atoms with Gasteiger partial charge in [-0.15, -0.1) is 11.3 Å². The van der Waals surface area contributed by atoms with E-state index >= 15 is 0 Å². The second-order valence-electron chi connectivity index (χ2n) is 4.76. The van der Waals surface area contributed by atoms with Gasteiger partial charge >= 0.3 is 0 Å². The molecule has 1 fully saturated rings. The Kier molecular flexibility index (Phi) is 3.66. The Morgan fingerprint density at radius 1 is 1.65 bits per heavy atom. The van der Waals surface area contributed by atoms with Gasteiger partial charge in [0.1, 0.15) is 5.69 Å². The van der Waals surface area contributed by atoms with Crippen LogP contribution < -0.4 is 11.1 Å². The number of nitrogens with one attached hydrogen (secondary N) is 1. The smallest absolute Gasteiger partial charge is 0.271 e. The van der Waals surface area contributed by atoms with Gasteiger partial charge in [-0.3, -0.25) is 4.79 Å². The summed E-state index contributed by atoms with van der Waals surface area (Å²) >= 11 is 1.30. The lowest BCUT2D eigenvalue weighted by Gasteiger charge is -2.20. The highest BCUT2D eigenvalue weighted by Gasteiger charge is 2.32. The number of thiazole rings is 1. The molecule has 17 heavy (non-hydrogen) atoms. The Hall–Kier alpha value is -1.10. The minimum absolute atomic E-state index is 0.0912. The van der Waals surface area contributed by atoms with Crippen molar-refractivity contribution in [1.82, 2.24) is 10.3 Å². The van der Waals surface area contributed by atoms with Crippen molar-refractivity contribution >= 4 is 22.4 Å². The molecule has 0 bridgehead atoms. The third-order valence-electron chi connectivity index (χ3n) is 3.82. The van der Waals surface area contributed by atoms with E-state index in [1.807, 2.05) is 0 Å². The summed E-state index contributed by atoms with van der Waals surface area (Å²) in [6.07, 6.45) is 3.48. The first kappa shape index (κ1) is 12.4. The monoisotopic (exact) mass is 253 g/mol. The van der Waals surface area contributed by atoms with E-state index in [0.29, 0.717) is 16.7 Å². The quantitative estimate of drug-likeness (QED) is 0.868. The third-order valence-corrected chi connectivity index (χ3v) is 4.50. The van der Waals surface area contributed by atoms with Crippen LogP contribution in [-0.4, -0.2) is 16.9 Å². The van der Waals surface area contributed by atoms with Crippen molar-refractivity contribution in [2.24, 2.45) is 11.8 Å². The molecule has 3 N–H and O–H groups in total. The average molecular weight is 253 g/mol. The summed E-state index contributed by atoms with van der Waals surface area (Å²) in [5.41, 5.74) is 5.97. The molecular weight excluding hydrogens is 234 g/mol. The van der Waals surface area contributed by atoms with Gasteiger partial charge in [0.2, 0.25) is 0 Å². The van der Waals surface area contributed by atoms with Crippen LogP contribution >= 0.6 is 11.3 Å². The van der Waals surface area contributed by atoms with E-state index in [1.165, 1.54) is 24.2 Å². The first-order valence-corrected chi connectivity index (χ1v) is 7.01. The van der Waals surface area contributed by atoms with Crippen LogP contribution in [0.15, 0.2) is 5.38 Å². The zero-order chi connectivity index (χ0) is 12.4. The molecule has 1 aliphatic carbocycles. The first-order valence-electron chi connectivity index (χ1n) is 6.13. The van der Waals surface area contributed by atoms with Gasteiger partial charge in [0.25, 0.3) is 5.91 Å². The highest BCUT2D eigenvalue weighted by molar-refractivity contribution is 7.13. The second-order valence-corrected chi connectivity index (χ2v) is 5.65. The Balaban J connectivity index is 1.96.